The van der Waals surface area contributed by atoms with Gasteiger partial charge in [-0.05, 0) is 12.1 Å². The lowest BCUT2D eigenvalue weighted by molar-refractivity contribution is 0.103. The van der Waals surface area contributed by atoms with Crippen molar-refractivity contribution in [1.82, 2.24) is 14.8 Å². The van der Waals surface area contributed by atoms with Crippen molar-refractivity contribution < 1.29 is 4.79 Å². The van der Waals surface area contributed by atoms with Gasteiger partial charge in [-0.1, -0.05) is 11.6 Å². The molecule has 0 fully saturated rings. The third-order valence-electron chi connectivity index (χ3n) is 2.07. The van der Waals surface area contributed by atoms with Crippen LogP contribution >= 0.6 is 11.6 Å². The lowest BCUT2D eigenvalue weighted by Gasteiger charge is -2.02. The number of pyridine rings is 1. The minimum absolute atomic E-state index is 0.151. The molecule has 0 unspecified atom stereocenters. The standard InChI is InChI=1S/C10H8ClN3O/c1-14-9(3-5-13-14)10(15)7-2-4-12-6-8(7)11/h2-6H,1H3. The van der Waals surface area contributed by atoms with Crippen molar-refractivity contribution in [2.75, 3.05) is 0 Å². The molecular formula is C10H8ClN3O. The zero-order valence-corrected chi connectivity index (χ0v) is 8.77. The second-order valence-corrected chi connectivity index (χ2v) is 3.43. The van der Waals surface area contributed by atoms with E-state index in [2.05, 4.69) is 10.1 Å². The first kappa shape index (κ1) is 9.86. The van der Waals surface area contributed by atoms with Crippen molar-refractivity contribution >= 4 is 17.4 Å². The van der Waals surface area contributed by atoms with Gasteiger partial charge in [0.25, 0.3) is 0 Å². The van der Waals surface area contributed by atoms with E-state index in [9.17, 15) is 4.79 Å². The first-order valence-corrected chi connectivity index (χ1v) is 4.70. The van der Waals surface area contributed by atoms with Crippen LogP contribution in [-0.4, -0.2) is 20.5 Å². The van der Waals surface area contributed by atoms with Gasteiger partial charge in [-0.15, -0.1) is 0 Å². The Hall–Kier alpha value is -1.68. The van der Waals surface area contributed by atoms with Crippen LogP contribution < -0.4 is 0 Å². The highest BCUT2D eigenvalue weighted by Gasteiger charge is 2.15. The molecule has 15 heavy (non-hydrogen) atoms. The molecule has 0 spiro atoms. The number of ketones is 1. The van der Waals surface area contributed by atoms with Crippen LogP contribution in [0.15, 0.2) is 30.7 Å². The van der Waals surface area contributed by atoms with Gasteiger partial charge in [0, 0.05) is 31.2 Å². The second kappa shape index (κ2) is 3.82. The first-order chi connectivity index (χ1) is 7.20. The molecule has 0 radical (unpaired) electrons. The summed E-state index contributed by atoms with van der Waals surface area (Å²) in [5.41, 5.74) is 0.943. The number of rotatable bonds is 2. The number of carbonyl (C=O) groups excluding carboxylic acids is 1. The lowest BCUT2D eigenvalue weighted by Crippen LogP contribution is -2.08. The number of carbonyl (C=O) groups is 1. The molecule has 0 N–H and O–H groups in total. The highest BCUT2D eigenvalue weighted by atomic mass is 35.5. The van der Waals surface area contributed by atoms with Gasteiger partial charge in [0.2, 0.25) is 5.78 Å². The molecular weight excluding hydrogens is 214 g/mol. The van der Waals surface area contributed by atoms with Crippen LogP contribution in [0.3, 0.4) is 0 Å². The maximum absolute atomic E-state index is 12.0. The van der Waals surface area contributed by atoms with E-state index in [0.29, 0.717) is 16.3 Å². The van der Waals surface area contributed by atoms with Crippen LogP contribution in [0.4, 0.5) is 0 Å². The first-order valence-electron chi connectivity index (χ1n) is 4.32. The molecule has 2 aromatic rings. The number of aryl methyl sites for hydroxylation is 1. The smallest absolute Gasteiger partial charge is 0.212 e. The van der Waals surface area contributed by atoms with Gasteiger partial charge >= 0.3 is 0 Å². The highest BCUT2D eigenvalue weighted by Crippen LogP contribution is 2.17. The van der Waals surface area contributed by atoms with E-state index in [1.54, 1.807) is 25.4 Å². The average molecular weight is 222 g/mol. The fourth-order valence-electron chi connectivity index (χ4n) is 1.29. The molecule has 0 aliphatic heterocycles. The minimum atomic E-state index is -0.151. The van der Waals surface area contributed by atoms with Gasteiger partial charge < -0.3 is 0 Å². The number of hydrogen-bond acceptors (Lipinski definition) is 3. The fraction of sp³-hybridized carbons (Fsp3) is 0.100. The Morgan fingerprint density at radius 3 is 2.80 bits per heavy atom. The van der Waals surface area contributed by atoms with E-state index in [-0.39, 0.29) is 5.78 Å². The summed E-state index contributed by atoms with van der Waals surface area (Å²) in [4.78, 5) is 15.8. The molecule has 2 heterocycles. The molecule has 0 atom stereocenters. The van der Waals surface area contributed by atoms with E-state index in [0.717, 1.165) is 0 Å². The number of halogens is 1. The van der Waals surface area contributed by atoms with Crippen molar-refractivity contribution in [3.05, 3.63) is 47.0 Å². The lowest BCUT2D eigenvalue weighted by atomic mass is 10.1. The van der Waals surface area contributed by atoms with E-state index >= 15 is 0 Å². The zero-order chi connectivity index (χ0) is 10.8. The van der Waals surface area contributed by atoms with Crippen LogP contribution in [0.2, 0.25) is 5.02 Å². The summed E-state index contributed by atoms with van der Waals surface area (Å²) in [6.07, 6.45) is 4.56. The van der Waals surface area contributed by atoms with Gasteiger partial charge in [0.15, 0.2) is 0 Å². The predicted octanol–water partition coefficient (Wildman–Crippen LogP) is 1.70. The Morgan fingerprint density at radius 2 is 2.20 bits per heavy atom. The van der Waals surface area contributed by atoms with Gasteiger partial charge in [-0.2, -0.15) is 5.10 Å². The van der Waals surface area contributed by atoms with Crippen LogP contribution in [0.1, 0.15) is 16.1 Å². The molecule has 2 aromatic heterocycles. The van der Waals surface area contributed by atoms with Crippen molar-refractivity contribution in [3.63, 3.8) is 0 Å². The molecule has 0 aliphatic carbocycles. The van der Waals surface area contributed by atoms with Crippen LogP contribution in [-0.2, 0) is 7.05 Å². The Bertz CT molecular complexity index is 507. The SMILES string of the molecule is Cn1nccc1C(=O)c1ccncc1Cl. The predicted molar refractivity (Wildman–Crippen MR) is 55.9 cm³/mol. The summed E-state index contributed by atoms with van der Waals surface area (Å²) in [6.45, 7) is 0. The van der Waals surface area contributed by atoms with Crippen molar-refractivity contribution in [3.8, 4) is 0 Å². The fourth-order valence-corrected chi connectivity index (χ4v) is 1.50. The van der Waals surface area contributed by atoms with Crippen molar-refractivity contribution in [2.45, 2.75) is 0 Å². The molecule has 2 rings (SSSR count). The quantitative estimate of drug-likeness (QED) is 0.726. The Morgan fingerprint density at radius 1 is 1.40 bits per heavy atom. The van der Waals surface area contributed by atoms with Crippen molar-refractivity contribution in [1.29, 1.82) is 0 Å². The van der Waals surface area contributed by atoms with E-state index < -0.39 is 0 Å². The Labute approximate surface area is 91.5 Å². The Balaban J connectivity index is 2.46. The largest absolute Gasteiger partial charge is 0.287 e. The van der Waals surface area contributed by atoms with Crippen LogP contribution in [0.25, 0.3) is 0 Å². The summed E-state index contributed by atoms with van der Waals surface area (Å²) >= 11 is 5.88. The molecule has 0 saturated heterocycles. The van der Waals surface area contributed by atoms with Crippen LogP contribution in [0.5, 0.6) is 0 Å². The van der Waals surface area contributed by atoms with Gasteiger partial charge in [-0.25, -0.2) is 0 Å². The van der Waals surface area contributed by atoms with E-state index in [4.69, 9.17) is 11.6 Å². The van der Waals surface area contributed by atoms with E-state index in [1.807, 2.05) is 0 Å². The molecule has 0 aliphatic rings. The van der Waals surface area contributed by atoms with Gasteiger partial charge in [-0.3, -0.25) is 14.5 Å². The number of nitrogens with zero attached hydrogens (tertiary/aromatic N) is 3. The highest BCUT2D eigenvalue weighted by molar-refractivity contribution is 6.34. The summed E-state index contributed by atoms with van der Waals surface area (Å²) in [6, 6.07) is 3.25. The third kappa shape index (κ3) is 1.76. The summed E-state index contributed by atoms with van der Waals surface area (Å²) in [5, 5.41) is 4.28. The summed E-state index contributed by atoms with van der Waals surface area (Å²) in [5.74, 6) is -0.151. The normalized spacial score (nSPS) is 10.3. The minimum Gasteiger partial charge on any atom is -0.287 e. The van der Waals surface area contributed by atoms with E-state index in [1.165, 1.54) is 17.1 Å². The molecule has 0 amide bonds. The average Bonchev–Trinajstić information content (AvgIpc) is 2.64. The van der Waals surface area contributed by atoms with Crippen molar-refractivity contribution in [2.24, 2.45) is 7.05 Å². The third-order valence-corrected chi connectivity index (χ3v) is 2.37. The zero-order valence-electron chi connectivity index (χ0n) is 8.01. The molecule has 0 saturated carbocycles. The number of aromatic nitrogens is 3. The summed E-state index contributed by atoms with van der Waals surface area (Å²) in [7, 11) is 1.71. The maximum Gasteiger partial charge on any atom is 0.212 e. The monoisotopic (exact) mass is 221 g/mol. The van der Waals surface area contributed by atoms with Crippen LogP contribution in [0, 0.1) is 0 Å². The second-order valence-electron chi connectivity index (χ2n) is 3.02. The molecule has 76 valence electrons. The number of hydrogen-bond donors (Lipinski definition) is 0. The summed E-state index contributed by atoms with van der Waals surface area (Å²) < 4.78 is 1.51. The Kier molecular flexibility index (Phi) is 2.51. The topological polar surface area (TPSA) is 47.8 Å². The van der Waals surface area contributed by atoms with Gasteiger partial charge in [0.05, 0.1) is 5.02 Å². The molecule has 4 nitrogen and oxygen atoms in total. The maximum atomic E-state index is 12.0. The molecule has 5 heteroatoms. The molecule has 0 aromatic carbocycles. The van der Waals surface area contributed by atoms with Gasteiger partial charge in [0.1, 0.15) is 5.69 Å². The molecule has 0 bridgehead atoms.